The molecule has 9 rings (SSSR count). The van der Waals surface area contributed by atoms with E-state index in [1.54, 1.807) is 42.5 Å². The smallest absolute Gasteiger partial charge is 0.0645 e. The minimum atomic E-state index is -0.397. The lowest BCUT2D eigenvalue weighted by Gasteiger charge is -2.27. The van der Waals surface area contributed by atoms with Crippen LogP contribution in [0.4, 0.5) is 17.1 Å². The van der Waals surface area contributed by atoms with Crippen LogP contribution >= 0.6 is 0 Å². The molecule has 0 heterocycles. The first-order valence-corrected chi connectivity index (χ1v) is 16.9. The number of hydrogen-bond donors (Lipinski definition) is 0. The van der Waals surface area contributed by atoms with Crippen molar-refractivity contribution in [3.8, 4) is 44.5 Å². The molecular weight excluding hydrogens is 615 g/mol. The van der Waals surface area contributed by atoms with Crippen molar-refractivity contribution in [3.05, 3.63) is 212 Å². The maximum absolute atomic E-state index is 9.80. The second kappa shape index (κ2) is 13.3. The van der Waals surface area contributed by atoms with Gasteiger partial charge < -0.3 is 4.90 Å². The van der Waals surface area contributed by atoms with Crippen LogP contribution in [0.15, 0.2) is 212 Å². The molecule has 0 amide bonds. The zero-order valence-corrected chi connectivity index (χ0v) is 27.5. The van der Waals surface area contributed by atoms with Crippen LogP contribution in [-0.2, 0) is 0 Å². The third-order valence-electron chi connectivity index (χ3n) is 9.19. The summed E-state index contributed by atoms with van der Waals surface area (Å²) in [7, 11) is 0. The summed E-state index contributed by atoms with van der Waals surface area (Å²) in [6.07, 6.45) is 0. The van der Waals surface area contributed by atoms with E-state index in [-0.39, 0.29) is 58.8 Å². The average molecular weight is 658 g/mol. The Morgan fingerprint density at radius 2 is 0.667 bits per heavy atom. The maximum Gasteiger partial charge on any atom is 0.0645 e. The van der Waals surface area contributed by atoms with Crippen molar-refractivity contribution in [3.63, 3.8) is 0 Å². The molecule has 0 atom stereocenters. The van der Waals surface area contributed by atoms with Gasteiger partial charge in [-0.05, 0) is 102 Å². The third kappa shape index (κ3) is 5.75. The molecule has 0 bridgehead atoms. The fourth-order valence-corrected chi connectivity index (χ4v) is 6.84. The van der Waals surface area contributed by atoms with E-state index < -0.39 is 12.1 Å². The molecule has 9 aromatic carbocycles. The summed E-state index contributed by atoms with van der Waals surface area (Å²) < 4.78 is 76.5. The molecule has 1 heteroatoms. The monoisotopic (exact) mass is 657 g/mol. The number of benzene rings is 9. The molecule has 0 radical (unpaired) electrons. The second-order valence-electron chi connectivity index (χ2n) is 12.3. The van der Waals surface area contributed by atoms with E-state index in [0.29, 0.717) is 16.8 Å². The van der Waals surface area contributed by atoms with Gasteiger partial charge >= 0.3 is 0 Å². The van der Waals surface area contributed by atoms with Crippen molar-refractivity contribution in [1.82, 2.24) is 0 Å². The molecular formula is C50H35N. The SMILES string of the molecule is [2H]c1c([2H])c(N(c2cccc(-c3ccccc3)c2)c2c([2H])c([2H])c(-c3c(-c4ccccc4)c4ccccc4c4ccccc34)c([2H])c2[2H])c([2H])c([2H])c1-c1ccccc1. The Morgan fingerprint density at radius 3 is 1.20 bits per heavy atom. The largest absolute Gasteiger partial charge is 0.310 e. The highest BCUT2D eigenvalue weighted by Gasteiger charge is 2.19. The Kier molecular flexibility index (Phi) is 5.96. The van der Waals surface area contributed by atoms with Gasteiger partial charge in [0.25, 0.3) is 0 Å². The molecule has 1 nitrogen and oxygen atoms in total. The quantitative estimate of drug-likeness (QED) is 0.154. The first kappa shape index (κ1) is 22.8. The summed E-state index contributed by atoms with van der Waals surface area (Å²) in [6, 6.07) is 48.4. The van der Waals surface area contributed by atoms with Crippen LogP contribution in [0.25, 0.3) is 66.1 Å². The van der Waals surface area contributed by atoms with E-state index in [0.717, 1.165) is 43.8 Å². The summed E-state index contributed by atoms with van der Waals surface area (Å²) in [5.74, 6) is 0. The Balaban J connectivity index is 1.38. The van der Waals surface area contributed by atoms with E-state index in [4.69, 9.17) is 0 Å². The minimum absolute atomic E-state index is 0.113. The van der Waals surface area contributed by atoms with Crippen molar-refractivity contribution in [2.24, 2.45) is 0 Å². The van der Waals surface area contributed by atoms with Crippen molar-refractivity contribution >= 4 is 38.6 Å². The fourth-order valence-electron chi connectivity index (χ4n) is 6.84. The minimum Gasteiger partial charge on any atom is -0.310 e. The molecule has 9 aromatic rings. The van der Waals surface area contributed by atoms with E-state index >= 15 is 0 Å². The summed E-state index contributed by atoms with van der Waals surface area (Å²) in [5, 5.41) is 3.56. The Morgan fingerprint density at radius 1 is 0.275 bits per heavy atom. The van der Waals surface area contributed by atoms with Crippen LogP contribution in [0.2, 0.25) is 0 Å². The molecule has 51 heavy (non-hydrogen) atoms. The van der Waals surface area contributed by atoms with Gasteiger partial charge in [0.15, 0.2) is 0 Å². The Labute approximate surface area is 310 Å². The lowest BCUT2D eigenvalue weighted by molar-refractivity contribution is 1.28. The predicted molar refractivity (Wildman–Crippen MR) is 218 cm³/mol. The van der Waals surface area contributed by atoms with Gasteiger partial charge in [-0.2, -0.15) is 0 Å². The van der Waals surface area contributed by atoms with E-state index in [2.05, 4.69) is 6.07 Å². The molecule has 240 valence electrons. The summed E-state index contributed by atoms with van der Waals surface area (Å²) in [4.78, 5) is 1.36. The summed E-state index contributed by atoms with van der Waals surface area (Å²) in [6.45, 7) is 0. The van der Waals surface area contributed by atoms with E-state index in [1.165, 1.54) is 4.90 Å². The van der Waals surface area contributed by atoms with Crippen LogP contribution in [0.1, 0.15) is 11.0 Å². The number of nitrogens with zero attached hydrogens (tertiary/aromatic N) is 1. The molecule has 0 N–H and O–H groups in total. The molecule has 0 fully saturated rings. The Hall–Kier alpha value is -6.70. The van der Waals surface area contributed by atoms with Crippen molar-refractivity contribution in [2.75, 3.05) is 4.90 Å². The van der Waals surface area contributed by atoms with Gasteiger partial charge in [-0.15, -0.1) is 0 Å². The number of fused-ring (bicyclic) bond motifs is 3. The third-order valence-corrected chi connectivity index (χ3v) is 9.19. The first-order valence-electron chi connectivity index (χ1n) is 20.9. The van der Waals surface area contributed by atoms with Crippen LogP contribution in [0.3, 0.4) is 0 Å². The highest BCUT2D eigenvalue weighted by Crippen LogP contribution is 2.45. The van der Waals surface area contributed by atoms with Gasteiger partial charge in [-0.1, -0.05) is 176 Å². The maximum atomic E-state index is 9.80. The second-order valence-corrected chi connectivity index (χ2v) is 12.3. The first-order chi connectivity index (χ1) is 28.7. The molecule has 0 aliphatic rings. The molecule has 0 saturated carbocycles. The predicted octanol–water partition coefficient (Wildman–Crippen LogP) is 14.1. The zero-order chi connectivity index (χ0) is 40.9. The van der Waals surface area contributed by atoms with E-state index in [1.807, 2.05) is 115 Å². The number of anilines is 3. The Bertz CT molecular complexity index is 3020. The number of rotatable bonds is 7. The summed E-state index contributed by atoms with van der Waals surface area (Å²) in [5.41, 5.74) is 4.52. The van der Waals surface area contributed by atoms with Crippen LogP contribution in [-0.4, -0.2) is 0 Å². The lowest BCUT2D eigenvalue weighted by Crippen LogP contribution is -2.10. The van der Waals surface area contributed by atoms with Crippen molar-refractivity contribution in [2.45, 2.75) is 0 Å². The molecule has 0 saturated heterocycles. The highest BCUT2D eigenvalue weighted by molar-refractivity contribution is 6.21. The van der Waals surface area contributed by atoms with Gasteiger partial charge in [-0.3, -0.25) is 0 Å². The standard InChI is InChI=1S/C50H35N/c1-4-15-36(16-5-1)38-27-31-42(32-28-38)51(44-22-14-21-41(35-44)37-17-6-2-7-18-37)43-33-29-40(30-34-43)50-48-26-13-11-24-46(48)45-23-10-12-25-47(45)49(50)39-19-8-3-9-20-39/h1-35H/i27D,28D,29D,30D,31D,32D,33D,34D. The van der Waals surface area contributed by atoms with Gasteiger partial charge in [0.05, 0.1) is 11.0 Å². The van der Waals surface area contributed by atoms with Crippen LogP contribution in [0.5, 0.6) is 0 Å². The molecule has 0 spiro atoms. The molecule has 0 aliphatic carbocycles. The molecule has 0 aliphatic heterocycles. The van der Waals surface area contributed by atoms with Gasteiger partial charge in [0.2, 0.25) is 0 Å². The van der Waals surface area contributed by atoms with E-state index in [9.17, 15) is 11.0 Å². The van der Waals surface area contributed by atoms with Crippen molar-refractivity contribution in [1.29, 1.82) is 0 Å². The van der Waals surface area contributed by atoms with Gasteiger partial charge in [-0.25, -0.2) is 0 Å². The van der Waals surface area contributed by atoms with Crippen LogP contribution in [0, 0.1) is 0 Å². The topological polar surface area (TPSA) is 3.24 Å². The van der Waals surface area contributed by atoms with Gasteiger partial charge in [0, 0.05) is 17.1 Å². The molecule has 0 unspecified atom stereocenters. The highest BCUT2D eigenvalue weighted by atomic mass is 15.1. The number of hydrogen-bond acceptors (Lipinski definition) is 1. The summed E-state index contributed by atoms with van der Waals surface area (Å²) >= 11 is 0. The van der Waals surface area contributed by atoms with Gasteiger partial charge in [0.1, 0.15) is 0 Å². The molecule has 0 aromatic heterocycles. The van der Waals surface area contributed by atoms with Crippen LogP contribution < -0.4 is 4.90 Å². The fraction of sp³-hybridized carbons (Fsp3) is 0. The lowest BCUT2D eigenvalue weighted by atomic mass is 9.85. The van der Waals surface area contributed by atoms with Crippen molar-refractivity contribution < 1.29 is 11.0 Å². The normalized spacial score (nSPS) is 13.3. The zero-order valence-electron chi connectivity index (χ0n) is 35.5. The average Bonchev–Trinajstić information content (AvgIpc) is 3.28.